The lowest BCUT2D eigenvalue weighted by Crippen LogP contribution is -2.54. The van der Waals surface area contributed by atoms with E-state index in [0.29, 0.717) is 5.92 Å². The molecule has 0 bridgehead atoms. The van der Waals surface area contributed by atoms with E-state index >= 15 is 0 Å². The summed E-state index contributed by atoms with van der Waals surface area (Å²) in [6.07, 6.45) is 0. The van der Waals surface area contributed by atoms with Gasteiger partial charge < -0.3 is 9.64 Å². The number of rotatable bonds is 3. The summed E-state index contributed by atoms with van der Waals surface area (Å²) in [6, 6.07) is 10.3. The van der Waals surface area contributed by atoms with Crippen LogP contribution in [-0.2, 0) is 9.53 Å². The van der Waals surface area contributed by atoms with Gasteiger partial charge in [-0.2, -0.15) is 0 Å². The molecule has 3 nitrogen and oxygen atoms in total. The fraction of sp³-hybridized carbons (Fsp3) is 0.385. The van der Waals surface area contributed by atoms with Gasteiger partial charge in [-0.05, 0) is 5.56 Å². The van der Waals surface area contributed by atoms with Gasteiger partial charge in [-0.3, -0.25) is 4.79 Å². The highest BCUT2D eigenvalue weighted by molar-refractivity contribution is 7.80. The van der Waals surface area contributed by atoms with Gasteiger partial charge in [-0.15, -0.1) is 0 Å². The minimum Gasteiger partial charge on any atom is -0.468 e. The maximum absolute atomic E-state index is 11.3. The number of methoxy groups -OCH3 is 1. The van der Waals surface area contributed by atoms with Crippen LogP contribution in [0.5, 0.6) is 0 Å². The molecule has 0 N–H and O–H groups in total. The molecule has 1 heterocycles. The van der Waals surface area contributed by atoms with Gasteiger partial charge in [0.2, 0.25) is 0 Å². The Bertz CT molecular complexity index is 432. The van der Waals surface area contributed by atoms with Gasteiger partial charge in [-0.25, -0.2) is 0 Å². The van der Waals surface area contributed by atoms with E-state index in [0.717, 1.165) is 4.99 Å². The van der Waals surface area contributed by atoms with Gasteiger partial charge in [0.1, 0.15) is 6.54 Å². The van der Waals surface area contributed by atoms with E-state index in [9.17, 15) is 4.79 Å². The predicted octanol–water partition coefficient (Wildman–Crippen LogP) is 2.18. The highest BCUT2D eigenvalue weighted by Gasteiger charge is 2.42. The monoisotopic (exact) mass is 249 g/mol. The Kier molecular flexibility index (Phi) is 3.43. The van der Waals surface area contributed by atoms with Crippen molar-refractivity contribution >= 4 is 23.2 Å². The van der Waals surface area contributed by atoms with Crippen molar-refractivity contribution < 1.29 is 9.53 Å². The standard InChI is InChI=1S/C13H15NO2S/c1-9-12(10-6-4-3-5-7-10)14(13(9)17)8-11(15)16-2/h3-7,9,12H,8H2,1-2H3. The highest BCUT2D eigenvalue weighted by atomic mass is 32.1. The van der Waals surface area contributed by atoms with Crippen LogP contribution in [0.1, 0.15) is 18.5 Å². The van der Waals surface area contributed by atoms with E-state index in [1.54, 1.807) is 0 Å². The lowest BCUT2D eigenvalue weighted by atomic mass is 9.84. The van der Waals surface area contributed by atoms with Gasteiger partial charge in [0, 0.05) is 5.92 Å². The van der Waals surface area contributed by atoms with E-state index in [-0.39, 0.29) is 18.6 Å². The number of hydrogen-bond donors (Lipinski definition) is 0. The smallest absolute Gasteiger partial charge is 0.325 e. The summed E-state index contributed by atoms with van der Waals surface area (Å²) >= 11 is 5.29. The van der Waals surface area contributed by atoms with Crippen LogP contribution in [0.4, 0.5) is 0 Å². The van der Waals surface area contributed by atoms with Crippen molar-refractivity contribution in [2.75, 3.05) is 13.7 Å². The second-order valence-corrected chi connectivity index (χ2v) is 4.60. The van der Waals surface area contributed by atoms with Crippen molar-refractivity contribution in [2.45, 2.75) is 13.0 Å². The molecular formula is C13H15NO2S. The quantitative estimate of drug-likeness (QED) is 0.606. The zero-order valence-corrected chi connectivity index (χ0v) is 10.7. The number of carbonyl (C=O) groups is 1. The van der Waals surface area contributed by atoms with Crippen molar-refractivity contribution in [1.29, 1.82) is 0 Å². The first-order chi connectivity index (χ1) is 8.15. The third kappa shape index (κ3) is 2.17. The molecule has 1 aromatic rings. The van der Waals surface area contributed by atoms with Crippen molar-refractivity contribution in [1.82, 2.24) is 4.90 Å². The molecule has 4 heteroatoms. The Morgan fingerprint density at radius 1 is 1.41 bits per heavy atom. The first kappa shape index (κ1) is 12.0. The fourth-order valence-corrected chi connectivity index (χ4v) is 2.53. The molecule has 1 aliphatic heterocycles. The van der Waals surface area contributed by atoms with Crippen LogP contribution < -0.4 is 0 Å². The number of thiocarbonyl (C=S) groups is 1. The van der Waals surface area contributed by atoms with Crippen molar-refractivity contribution in [3.8, 4) is 0 Å². The maximum Gasteiger partial charge on any atom is 0.325 e. The zero-order valence-electron chi connectivity index (χ0n) is 9.92. The van der Waals surface area contributed by atoms with E-state index < -0.39 is 0 Å². The van der Waals surface area contributed by atoms with Crippen LogP contribution in [0.3, 0.4) is 0 Å². The summed E-state index contributed by atoms with van der Waals surface area (Å²) in [6.45, 7) is 2.33. The summed E-state index contributed by atoms with van der Waals surface area (Å²) in [4.78, 5) is 14.1. The second kappa shape index (κ2) is 4.84. The molecule has 0 aromatic heterocycles. The third-order valence-corrected chi connectivity index (χ3v) is 3.76. The van der Waals surface area contributed by atoms with E-state index in [1.807, 2.05) is 23.1 Å². The van der Waals surface area contributed by atoms with E-state index in [1.165, 1.54) is 12.7 Å². The molecule has 0 aliphatic carbocycles. The highest BCUT2D eigenvalue weighted by Crippen LogP contribution is 2.40. The Morgan fingerprint density at radius 2 is 2.06 bits per heavy atom. The van der Waals surface area contributed by atoms with Crippen LogP contribution in [-0.4, -0.2) is 29.5 Å². The topological polar surface area (TPSA) is 29.5 Å². The molecule has 1 aliphatic rings. The maximum atomic E-state index is 11.3. The molecule has 0 saturated carbocycles. The van der Waals surface area contributed by atoms with E-state index in [2.05, 4.69) is 23.8 Å². The third-order valence-electron chi connectivity index (χ3n) is 3.15. The second-order valence-electron chi connectivity index (χ2n) is 4.19. The molecule has 17 heavy (non-hydrogen) atoms. The van der Waals surface area contributed by atoms with Crippen LogP contribution in [0, 0.1) is 5.92 Å². The Morgan fingerprint density at radius 3 is 2.65 bits per heavy atom. The fourth-order valence-electron chi connectivity index (χ4n) is 2.22. The molecule has 0 radical (unpaired) electrons. The van der Waals surface area contributed by atoms with Crippen molar-refractivity contribution in [2.24, 2.45) is 5.92 Å². The molecule has 2 rings (SSSR count). The molecule has 0 spiro atoms. The van der Waals surface area contributed by atoms with Gasteiger partial charge in [-0.1, -0.05) is 49.5 Å². The Hall–Kier alpha value is -1.42. The first-order valence-electron chi connectivity index (χ1n) is 5.57. The summed E-state index contributed by atoms with van der Waals surface area (Å²) in [5, 5.41) is 0. The van der Waals surface area contributed by atoms with Gasteiger partial charge in [0.05, 0.1) is 18.1 Å². The van der Waals surface area contributed by atoms with Crippen LogP contribution in [0.2, 0.25) is 0 Å². The lowest BCUT2D eigenvalue weighted by Gasteiger charge is -2.48. The van der Waals surface area contributed by atoms with Crippen LogP contribution in [0.15, 0.2) is 30.3 Å². The molecule has 2 atom stereocenters. The number of benzene rings is 1. The zero-order chi connectivity index (χ0) is 12.4. The van der Waals surface area contributed by atoms with Crippen LogP contribution in [0.25, 0.3) is 0 Å². The number of esters is 1. The Labute approximate surface area is 106 Å². The van der Waals surface area contributed by atoms with E-state index in [4.69, 9.17) is 12.2 Å². The average Bonchev–Trinajstić information content (AvgIpc) is 2.38. The minimum absolute atomic E-state index is 0.197. The lowest BCUT2D eigenvalue weighted by molar-refractivity contribution is -0.142. The molecule has 0 amide bonds. The normalized spacial score (nSPS) is 23.2. The van der Waals surface area contributed by atoms with Crippen LogP contribution >= 0.6 is 12.2 Å². The van der Waals surface area contributed by atoms with Gasteiger partial charge in [0.25, 0.3) is 0 Å². The SMILES string of the molecule is COC(=O)CN1C(=S)C(C)C1c1ccccc1. The number of hydrogen-bond acceptors (Lipinski definition) is 3. The summed E-state index contributed by atoms with van der Waals surface area (Å²) < 4.78 is 4.68. The average molecular weight is 249 g/mol. The van der Waals surface area contributed by atoms with Crippen molar-refractivity contribution in [3.05, 3.63) is 35.9 Å². The predicted molar refractivity (Wildman–Crippen MR) is 69.7 cm³/mol. The summed E-state index contributed by atoms with van der Waals surface area (Å²) in [7, 11) is 1.39. The molecular weight excluding hydrogens is 234 g/mol. The number of likely N-dealkylation sites (tertiary alicyclic amines) is 1. The number of nitrogens with zero attached hydrogens (tertiary/aromatic N) is 1. The summed E-state index contributed by atoms with van der Waals surface area (Å²) in [5.41, 5.74) is 1.19. The number of carbonyl (C=O) groups excluding carboxylic acids is 1. The Balaban J connectivity index is 2.16. The number of ether oxygens (including phenoxy) is 1. The van der Waals surface area contributed by atoms with Crippen molar-refractivity contribution in [3.63, 3.8) is 0 Å². The first-order valence-corrected chi connectivity index (χ1v) is 5.98. The molecule has 1 saturated heterocycles. The molecule has 2 unspecified atom stereocenters. The summed E-state index contributed by atoms with van der Waals surface area (Å²) in [5.74, 6) is 0.0530. The molecule has 1 fully saturated rings. The molecule has 1 aromatic carbocycles. The molecule has 90 valence electrons. The van der Waals surface area contributed by atoms with Gasteiger partial charge >= 0.3 is 5.97 Å². The van der Waals surface area contributed by atoms with Gasteiger partial charge in [0.15, 0.2) is 0 Å². The largest absolute Gasteiger partial charge is 0.468 e. The minimum atomic E-state index is -0.250.